The van der Waals surface area contributed by atoms with E-state index in [9.17, 15) is 9.90 Å². The fourth-order valence-electron chi connectivity index (χ4n) is 1.25. The van der Waals surface area contributed by atoms with Crippen molar-refractivity contribution in [2.24, 2.45) is 5.73 Å². The number of amides is 1. The molecule has 0 bridgehead atoms. The van der Waals surface area contributed by atoms with Gasteiger partial charge in [0.15, 0.2) is 0 Å². The van der Waals surface area contributed by atoms with E-state index >= 15 is 0 Å². The summed E-state index contributed by atoms with van der Waals surface area (Å²) in [5.41, 5.74) is 7.37. The second kappa shape index (κ2) is 5.72. The minimum atomic E-state index is -0.613. The van der Waals surface area contributed by atoms with E-state index in [1.54, 1.807) is 18.2 Å². The molecule has 0 saturated heterocycles. The molecule has 0 fully saturated rings. The van der Waals surface area contributed by atoms with Crippen LogP contribution in [0.5, 0.6) is 0 Å². The molecule has 0 aliphatic heterocycles. The van der Waals surface area contributed by atoms with Crippen LogP contribution in [-0.2, 0) is 0 Å². The molecule has 0 aliphatic rings. The molecule has 4 N–H and O–H groups in total. The lowest BCUT2D eigenvalue weighted by Gasteiger charge is -2.13. The molecule has 0 aliphatic carbocycles. The lowest BCUT2D eigenvalue weighted by Crippen LogP contribution is -2.21. The Balaban J connectivity index is 2.78. The van der Waals surface area contributed by atoms with Crippen molar-refractivity contribution in [3.8, 4) is 0 Å². The number of aryl methyl sites for hydroxylation is 1. The Labute approximate surface area is 99.4 Å². The smallest absolute Gasteiger partial charge is 0.248 e. The molecule has 1 unspecified atom stereocenters. The molecule has 1 rings (SSSR count). The third kappa shape index (κ3) is 3.40. The second-order valence-electron chi connectivity index (χ2n) is 3.58. The highest BCUT2D eigenvalue weighted by Gasteiger charge is 2.06. The SMILES string of the molecule is Cc1ccc(C(N)=O)cc1NCC(O)CCl. The average Bonchev–Trinajstić information content (AvgIpc) is 2.27. The maximum Gasteiger partial charge on any atom is 0.248 e. The molecule has 88 valence electrons. The summed E-state index contributed by atoms with van der Waals surface area (Å²) in [6, 6.07) is 5.13. The summed E-state index contributed by atoms with van der Waals surface area (Å²) in [6.07, 6.45) is -0.613. The molecule has 1 amide bonds. The van der Waals surface area contributed by atoms with Gasteiger partial charge in [-0.25, -0.2) is 0 Å². The highest BCUT2D eigenvalue weighted by atomic mass is 35.5. The van der Waals surface area contributed by atoms with E-state index in [1.807, 2.05) is 6.92 Å². The fourth-order valence-corrected chi connectivity index (χ4v) is 1.36. The number of carbonyl (C=O) groups excluding carboxylic acids is 1. The Hall–Kier alpha value is -1.26. The molecule has 0 spiro atoms. The summed E-state index contributed by atoms with van der Waals surface area (Å²) in [5, 5.41) is 12.3. The number of carbonyl (C=O) groups is 1. The van der Waals surface area contributed by atoms with E-state index in [4.69, 9.17) is 17.3 Å². The fraction of sp³-hybridized carbons (Fsp3) is 0.364. The van der Waals surface area contributed by atoms with Crippen molar-refractivity contribution in [2.45, 2.75) is 13.0 Å². The standard InChI is InChI=1S/C11H15ClN2O2/c1-7-2-3-8(11(13)16)4-10(7)14-6-9(15)5-12/h2-4,9,14-15H,5-6H2,1H3,(H2,13,16). The van der Waals surface area contributed by atoms with Crippen molar-refractivity contribution in [3.63, 3.8) is 0 Å². The van der Waals surface area contributed by atoms with Gasteiger partial charge < -0.3 is 16.2 Å². The molecule has 0 heterocycles. The zero-order chi connectivity index (χ0) is 12.1. The van der Waals surface area contributed by atoms with E-state index in [0.29, 0.717) is 12.1 Å². The molecule has 0 saturated carbocycles. The number of hydrogen-bond donors (Lipinski definition) is 3. The number of aliphatic hydroxyl groups excluding tert-OH is 1. The van der Waals surface area contributed by atoms with Crippen LogP contribution in [0.25, 0.3) is 0 Å². The average molecular weight is 243 g/mol. The van der Waals surface area contributed by atoms with Crippen molar-refractivity contribution >= 4 is 23.2 Å². The van der Waals surface area contributed by atoms with Crippen LogP contribution in [0.1, 0.15) is 15.9 Å². The van der Waals surface area contributed by atoms with Gasteiger partial charge >= 0.3 is 0 Å². The van der Waals surface area contributed by atoms with Gasteiger partial charge in [0.05, 0.1) is 12.0 Å². The molecule has 1 atom stereocenters. The Morgan fingerprint density at radius 2 is 2.31 bits per heavy atom. The van der Waals surface area contributed by atoms with Crippen LogP contribution in [-0.4, -0.2) is 29.5 Å². The van der Waals surface area contributed by atoms with Crippen molar-refractivity contribution in [2.75, 3.05) is 17.7 Å². The molecule has 0 aromatic heterocycles. The van der Waals surface area contributed by atoms with Gasteiger partial charge in [0, 0.05) is 17.8 Å². The number of halogens is 1. The maximum atomic E-state index is 11.0. The zero-order valence-electron chi connectivity index (χ0n) is 9.03. The molecule has 4 nitrogen and oxygen atoms in total. The number of benzene rings is 1. The van der Waals surface area contributed by atoms with E-state index in [1.165, 1.54) is 0 Å². The van der Waals surface area contributed by atoms with Crippen LogP contribution in [0, 0.1) is 6.92 Å². The van der Waals surface area contributed by atoms with Crippen LogP contribution in [0.4, 0.5) is 5.69 Å². The Bertz CT molecular complexity index is 382. The maximum absolute atomic E-state index is 11.0. The number of anilines is 1. The summed E-state index contributed by atoms with van der Waals surface area (Å²) < 4.78 is 0. The van der Waals surface area contributed by atoms with Gasteiger partial charge in [0.2, 0.25) is 5.91 Å². The summed E-state index contributed by atoms with van der Waals surface area (Å²) in [7, 11) is 0. The van der Waals surface area contributed by atoms with Crippen molar-refractivity contribution < 1.29 is 9.90 Å². The number of alkyl halides is 1. The molecular weight excluding hydrogens is 228 g/mol. The van der Waals surface area contributed by atoms with Crippen LogP contribution in [0.2, 0.25) is 0 Å². The van der Waals surface area contributed by atoms with Gasteiger partial charge in [0.1, 0.15) is 0 Å². The van der Waals surface area contributed by atoms with Gasteiger partial charge in [-0.15, -0.1) is 11.6 Å². The van der Waals surface area contributed by atoms with Gasteiger partial charge in [-0.3, -0.25) is 4.79 Å². The minimum Gasteiger partial charge on any atom is -0.390 e. The summed E-state index contributed by atoms with van der Waals surface area (Å²) in [5.74, 6) is -0.303. The van der Waals surface area contributed by atoms with E-state index in [0.717, 1.165) is 11.3 Å². The lowest BCUT2D eigenvalue weighted by molar-refractivity contribution is 0.100. The molecule has 16 heavy (non-hydrogen) atoms. The first kappa shape index (κ1) is 12.8. The minimum absolute atomic E-state index is 0.168. The third-order valence-corrected chi connectivity index (χ3v) is 2.58. The normalized spacial score (nSPS) is 12.2. The highest BCUT2D eigenvalue weighted by Crippen LogP contribution is 2.16. The largest absolute Gasteiger partial charge is 0.390 e. The Morgan fingerprint density at radius 1 is 1.62 bits per heavy atom. The summed E-state index contributed by atoms with van der Waals surface area (Å²) in [6.45, 7) is 2.24. The summed E-state index contributed by atoms with van der Waals surface area (Å²) in [4.78, 5) is 11.0. The quantitative estimate of drug-likeness (QED) is 0.677. The van der Waals surface area contributed by atoms with Crippen LogP contribution in [0.3, 0.4) is 0 Å². The zero-order valence-corrected chi connectivity index (χ0v) is 9.79. The topological polar surface area (TPSA) is 75.4 Å². The van der Waals surface area contributed by atoms with Crippen molar-refractivity contribution in [3.05, 3.63) is 29.3 Å². The number of rotatable bonds is 5. The molecule has 1 aromatic rings. The first-order valence-corrected chi connectivity index (χ1v) is 5.46. The molecule has 0 radical (unpaired) electrons. The summed E-state index contributed by atoms with van der Waals surface area (Å²) >= 11 is 5.48. The van der Waals surface area contributed by atoms with Gasteiger partial charge in [-0.1, -0.05) is 6.07 Å². The number of hydrogen-bond acceptors (Lipinski definition) is 3. The first-order chi connectivity index (χ1) is 7.54. The predicted molar refractivity (Wildman–Crippen MR) is 64.9 cm³/mol. The monoisotopic (exact) mass is 242 g/mol. The molecule has 1 aromatic carbocycles. The second-order valence-corrected chi connectivity index (χ2v) is 3.89. The highest BCUT2D eigenvalue weighted by molar-refractivity contribution is 6.18. The van der Waals surface area contributed by atoms with Crippen molar-refractivity contribution in [1.29, 1.82) is 0 Å². The number of nitrogens with one attached hydrogen (secondary N) is 1. The molecular formula is C11H15ClN2O2. The number of nitrogens with two attached hydrogens (primary N) is 1. The van der Waals surface area contributed by atoms with Crippen LogP contribution < -0.4 is 11.1 Å². The Kier molecular flexibility index (Phi) is 4.58. The van der Waals surface area contributed by atoms with Crippen LogP contribution in [0.15, 0.2) is 18.2 Å². The van der Waals surface area contributed by atoms with Gasteiger partial charge in [0.25, 0.3) is 0 Å². The predicted octanol–water partition coefficient (Wildman–Crippen LogP) is 1.11. The van der Waals surface area contributed by atoms with Gasteiger partial charge in [-0.2, -0.15) is 0 Å². The lowest BCUT2D eigenvalue weighted by atomic mass is 10.1. The van der Waals surface area contributed by atoms with Crippen LogP contribution >= 0.6 is 11.6 Å². The third-order valence-electron chi connectivity index (χ3n) is 2.23. The molecule has 5 heteroatoms. The van der Waals surface area contributed by atoms with E-state index < -0.39 is 12.0 Å². The van der Waals surface area contributed by atoms with Gasteiger partial charge in [-0.05, 0) is 24.6 Å². The Morgan fingerprint density at radius 3 is 2.88 bits per heavy atom. The van der Waals surface area contributed by atoms with E-state index in [2.05, 4.69) is 5.32 Å². The first-order valence-electron chi connectivity index (χ1n) is 4.93. The van der Waals surface area contributed by atoms with Crippen molar-refractivity contribution in [1.82, 2.24) is 0 Å². The number of primary amides is 1. The number of aliphatic hydroxyl groups is 1. The van der Waals surface area contributed by atoms with E-state index in [-0.39, 0.29) is 5.88 Å².